The molecule has 0 aliphatic rings. The molecule has 4 aromatic rings. The van der Waals surface area contributed by atoms with Gasteiger partial charge in [-0.1, -0.05) is 24.3 Å². The number of aryl methyl sites for hydroxylation is 3. The Hall–Kier alpha value is -3.55. The number of carbonyl (C=O) groups is 1. The molecular weight excluding hydrogens is 356 g/mol. The molecule has 0 spiro atoms. The van der Waals surface area contributed by atoms with Gasteiger partial charge in [0.1, 0.15) is 5.69 Å². The highest BCUT2D eigenvalue weighted by molar-refractivity contribution is 5.92. The first-order valence-electron chi connectivity index (χ1n) is 9.04. The zero-order chi connectivity index (χ0) is 19.5. The van der Waals surface area contributed by atoms with Crippen molar-refractivity contribution in [2.45, 2.75) is 33.4 Å². The van der Waals surface area contributed by atoms with E-state index in [1.807, 2.05) is 54.9 Å². The molecule has 3 heterocycles. The largest absolute Gasteiger partial charge is 0.417 e. The highest BCUT2D eigenvalue weighted by atomic mass is 16.4. The first-order valence-corrected chi connectivity index (χ1v) is 9.04. The third kappa shape index (κ3) is 3.75. The van der Waals surface area contributed by atoms with Gasteiger partial charge in [0, 0.05) is 30.2 Å². The molecular formula is C20H20N6O2. The summed E-state index contributed by atoms with van der Waals surface area (Å²) in [5, 5.41) is 17.2. The van der Waals surface area contributed by atoms with Crippen molar-refractivity contribution in [3.63, 3.8) is 0 Å². The lowest BCUT2D eigenvalue weighted by molar-refractivity contribution is -0.121. The van der Waals surface area contributed by atoms with Crippen molar-refractivity contribution in [2.24, 2.45) is 0 Å². The van der Waals surface area contributed by atoms with E-state index in [-0.39, 0.29) is 12.5 Å². The van der Waals surface area contributed by atoms with Crippen molar-refractivity contribution >= 4 is 16.7 Å². The van der Waals surface area contributed by atoms with Gasteiger partial charge in [0.05, 0.1) is 12.2 Å². The number of hydrogen-bond donors (Lipinski definition) is 1. The molecule has 1 N–H and O–H groups in total. The lowest BCUT2D eigenvalue weighted by Crippen LogP contribution is -2.24. The minimum Gasteiger partial charge on any atom is -0.417 e. The molecule has 8 nitrogen and oxygen atoms in total. The Morgan fingerprint density at radius 2 is 2.04 bits per heavy atom. The van der Waals surface area contributed by atoms with E-state index < -0.39 is 0 Å². The van der Waals surface area contributed by atoms with E-state index >= 15 is 0 Å². The molecule has 0 fully saturated rings. The van der Waals surface area contributed by atoms with E-state index in [2.05, 4.69) is 25.6 Å². The maximum Gasteiger partial charge on any atom is 0.266 e. The van der Waals surface area contributed by atoms with Crippen LogP contribution in [0.3, 0.4) is 0 Å². The van der Waals surface area contributed by atoms with Crippen LogP contribution >= 0.6 is 0 Å². The number of rotatable bonds is 6. The molecule has 0 radical (unpaired) electrons. The molecule has 3 aromatic heterocycles. The van der Waals surface area contributed by atoms with Crippen LogP contribution in [-0.2, 0) is 17.9 Å². The number of nitrogens with one attached hydrogen (secondary N) is 1. The fourth-order valence-electron chi connectivity index (χ4n) is 3.08. The van der Waals surface area contributed by atoms with Gasteiger partial charge in [0.2, 0.25) is 11.8 Å². The van der Waals surface area contributed by atoms with Gasteiger partial charge < -0.3 is 9.73 Å². The van der Waals surface area contributed by atoms with Gasteiger partial charge in [-0.05, 0) is 31.4 Å². The third-order valence-corrected chi connectivity index (χ3v) is 4.43. The summed E-state index contributed by atoms with van der Waals surface area (Å²) in [6, 6.07) is 11.8. The Kier molecular flexibility index (Phi) is 4.84. The number of fused-ring (bicyclic) bond motifs is 1. The second-order valence-corrected chi connectivity index (χ2v) is 6.56. The Labute approximate surface area is 161 Å². The summed E-state index contributed by atoms with van der Waals surface area (Å²) in [4.78, 5) is 16.5. The van der Waals surface area contributed by atoms with Crippen LogP contribution in [0.25, 0.3) is 22.4 Å². The normalized spacial score (nSPS) is 11.1. The molecule has 0 saturated heterocycles. The predicted molar refractivity (Wildman–Crippen MR) is 103 cm³/mol. The van der Waals surface area contributed by atoms with Crippen LogP contribution in [-0.4, -0.2) is 30.9 Å². The lowest BCUT2D eigenvalue weighted by Gasteiger charge is -2.05. The second kappa shape index (κ2) is 7.59. The minimum absolute atomic E-state index is 0.101. The SMILES string of the molecule is Cc1cc(C)n(CCC(=O)NCc2nnc(-c3nccc4ccccc34)o2)n1. The van der Waals surface area contributed by atoms with E-state index in [1.165, 1.54) is 0 Å². The molecule has 0 atom stereocenters. The summed E-state index contributed by atoms with van der Waals surface area (Å²) < 4.78 is 7.52. The third-order valence-electron chi connectivity index (χ3n) is 4.43. The van der Waals surface area contributed by atoms with Crippen LogP contribution < -0.4 is 5.32 Å². The number of benzene rings is 1. The Balaban J connectivity index is 1.38. The Morgan fingerprint density at radius 1 is 1.18 bits per heavy atom. The van der Waals surface area contributed by atoms with Gasteiger partial charge in [-0.15, -0.1) is 10.2 Å². The molecule has 0 bridgehead atoms. The van der Waals surface area contributed by atoms with Crippen LogP contribution in [0.15, 0.2) is 47.0 Å². The molecule has 0 unspecified atom stereocenters. The van der Waals surface area contributed by atoms with Gasteiger partial charge in [-0.2, -0.15) is 5.10 Å². The Morgan fingerprint density at radius 3 is 2.86 bits per heavy atom. The zero-order valence-corrected chi connectivity index (χ0v) is 15.7. The number of amides is 1. The average Bonchev–Trinajstić information content (AvgIpc) is 3.30. The van der Waals surface area contributed by atoms with Gasteiger partial charge in [-0.3, -0.25) is 14.5 Å². The first kappa shape index (κ1) is 17.8. The van der Waals surface area contributed by atoms with E-state index in [0.717, 1.165) is 22.2 Å². The number of aromatic nitrogens is 5. The van der Waals surface area contributed by atoms with E-state index in [1.54, 1.807) is 6.20 Å². The quantitative estimate of drug-likeness (QED) is 0.556. The fourth-order valence-corrected chi connectivity index (χ4v) is 3.08. The van der Waals surface area contributed by atoms with Gasteiger partial charge in [0.25, 0.3) is 5.89 Å². The van der Waals surface area contributed by atoms with Crippen LogP contribution in [0.2, 0.25) is 0 Å². The highest BCUT2D eigenvalue weighted by Crippen LogP contribution is 2.25. The predicted octanol–water partition coefficient (Wildman–Crippen LogP) is 2.80. The fraction of sp³-hybridized carbons (Fsp3) is 0.250. The van der Waals surface area contributed by atoms with Crippen molar-refractivity contribution in [1.29, 1.82) is 0 Å². The molecule has 0 aliphatic carbocycles. The lowest BCUT2D eigenvalue weighted by atomic mass is 10.1. The maximum atomic E-state index is 12.1. The topological polar surface area (TPSA) is 98.7 Å². The average molecular weight is 376 g/mol. The summed E-state index contributed by atoms with van der Waals surface area (Å²) >= 11 is 0. The minimum atomic E-state index is -0.101. The smallest absolute Gasteiger partial charge is 0.266 e. The molecule has 142 valence electrons. The second-order valence-electron chi connectivity index (χ2n) is 6.56. The zero-order valence-electron chi connectivity index (χ0n) is 15.7. The van der Waals surface area contributed by atoms with E-state index in [4.69, 9.17) is 4.42 Å². The molecule has 4 rings (SSSR count). The summed E-state index contributed by atoms with van der Waals surface area (Å²) in [6.45, 7) is 4.61. The van der Waals surface area contributed by atoms with Crippen LogP contribution in [0.4, 0.5) is 0 Å². The molecule has 1 aromatic carbocycles. The van der Waals surface area contributed by atoms with Crippen molar-refractivity contribution in [1.82, 2.24) is 30.3 Å². The first-order chi connectivity index (χ1) is 13.6. The van der Waals surface area contributed by atoms with Crippen molar-refractivity contribution in [2.75, 3.05) is 0 Å². The molecule has 0 saturated carbocycles. The van der Waals surface area contributed by atoms with E-state index in [0.29, 0.717) is 30.4 Å². The Bertz CT molecular complexity index is 1130. The molecule has 28 heavy (non-hydrogen) atoms. The number of hydrogen-bond acceptors (Lipinski definition) is 6. The number of carbonyl (C=O) groups excluding carboxylic acids is 1. The van der Waals surface area contributed by atoms with Crippen LogP contribution in [0.1, 0.15) is 23.7 Å². The van der Waals surface area contributed by atoms with Crippen molar-refractivity contribution in [3.8, 4) is 11.6 Å². The van der Waals surface area contributed by atoms with E-state index in [9.17, 15) is 4.79 Å². The summed E-state index contributed by atoms with van der Waals surface area (Å²) in [5.41, 5.74) is 2.61. The molecule has 0 aliphatic heterocycles. The number of pyridine rings is 1. The number of nitrogens with zero attached hydrogens (tertiary/aromatic N) is 5. The van der Waals surface area contributed by atoms with Gasteiger partial charge in [-0.25, -0.2) is 0 Å². The molecule has 8 heteroatoms. The summed E-state index contributed by atoms with van der Waals surface area (Å²) in [5.74, 6) is 0.573. The van der Waals surface area contributed by atoms with Crippen LogP contribution in [0.5, 0.6) is 0 Å². The van der Waals surface area contributed by atoms with Gasteiger partial charge in [0.15, 0.2) is 0 Å². The molecule has 1 amide bonds. The maximum absolute atomic E-state index is 12.1. The summed E-state index contributed by atoms with van der Waals surface area (Å²) in [6.07, 6.45) is 2.04. The monoisotopic (exact) mass is 376 g/mol. The van der Waals surface area contributed by atoms with Gasteiger partial charge >= 0.3 is 0 Å². The highest BCUT2D eigenvalue weighted by Gasteiger charge is 2.14. The van der Waals surface area contributed by atoms with Crippen LogP contribution in [0, 0.1) is 13.8 Å². The van der Waals surface area contributed by atoms with Crippen molar-refractivity contribution in [3.05, 3.63) is 59.9 Å². The standard InChI is InChI=1S/C20H20N6O2/c1-13-11-14(2)26(25-13)10-8-17(27)22-12-18-23-24-20(28-18)19-16-6-4-3-5-15(16)7-9-21-19/h3-7,9,11H,8,10,12H2,1-2H3,(H,22,27). The van der Waals surface area contributed by atoms with Crippen molar-refractivity contribution < 1.29 is 9.21 Å². The summed E-state index contributed by atoms with van der Waals surface area (Å²) in [7, 11) is 0.